The number of nitrogens with zero attached hydrogens (tertiary/aromatic N) is 2. The Morgan fingerprint density at radius 2 is 2.00 bits per heavy atom. The number of aryl methyl sites for hydroxylation is 1. The quantitative estimate of drug-likeness (QED) is 0.804. The van der Waals surface area contributed by atoms with Gasteiger partial charge in [0.25, 0.3) is 11.5 Å². The van der Waals surface area contributed by atoms with Gasteiger partial charge in [-0.15, -0.1) is 11.3 Å². The third-order valence-electron chi connectivity index (χ3n) is 3.39. The Morgan fingerprint density at radius 1 is 1.23 bits per heavy atom. The van der Waals surface area contributed by atoms with Crippen molar-refractivity contribution in [1.29, 1.82) is 0 Å². The molecule has 3 aromatic rings. The summed E-state index contributed by atoms with van der Waals surface area (Å²) in [5.74, 6) is -0.271. The number of nitrogens with one attached hydrogen (secondary N) is 1. The normalized spacial score (nSPS) is 10.8. The highest BCUT2D eigenvalue weighted by molar-refractivity contribution is 7.09. The molecule has 0 saturated heterocycles. The minimum absolute atomic E-state index is 0.173. The number of carbonyl (C=O) groups excluding carboxylic acids is 1. The molecule has 0 fully saturated rings. The summed E-state index contributed by atoms with van der Waals surface area (Å²) in [5, 5.41) is 10.1. The number of amides is 1. The average molecular weight is 313 g/mol. The topological polar surface area (TPSA) is 64.0 Å². The molecule has 0 saturated carbocycles. The first-order valence-corrected chi connectivity index (χ1v) is 7.89. The maximum absolute atomic E-state index is 12.4. The van der Waals surface area contributed by atoms with Crippen LogP contribution in [-0.4, -0.2) is 15.7 Å². The Kier molecular flexibility index (Phi) is 4.02. The van der Waals surface area contributed by atoms with Crippen molar-refractivity contribution in [2.45, 2.75) is 20.0 Å². The van der Waals surface area contributed by atoms with Crippen LogP contribution in [0.2, 0.25) is 0 Å². The molecule has 0 unspecified atom stereocenters. The predicted octanol–water partition coefficient (Wildman–Crippen LogP) is 2.41. The van der Waals surface area contributed by atoms with Crippen molar-refractivity contribution in [1.82, 2.24) is 15.1 Å². The van der Waals surface area contributed by atoms with Crippen LogP contribution in [0.25, 0.3) is 10.8 Å². The molecule has 112 valence electrons. The van der Waals surface area contributed by atoms with E-state index in [1.165, 1.54) is 4.68 Å². The second-order valence-corrected chi connectivity index (χ2v) is 5.81. The number of rotatable bonds is 4. The van der Waals surface area contributed by atoms with Crippen LogP contribution in [-0.2, 0) is 13.1 Å². The van der Waals surface area contributed by atoms with Crippen molar-refractivity contribution in [3.63, 3.8) is 0 Å². The SMILES string of the molecule is CCn1nc(C(=O)NCc2cccs2)c2ccccc2c1=O. The lowest BCUT2D eigenvalue weighted by molar-refractivity contribution is 0.0946. The summed E-state index contributed by atoms with van der Waals surface area (Å²) in [6, 6.07) is 11.0. The van der Waals surface area contributed by atoms with Gasteiger partial charge in [-0.05, 0) is 24.4 Å². The third-order valence-corrected chi connectivity index (χ3v) is 4.26. The smallest absolute Gasteiger partial charge is 0.274 e. The van der Waals surface area contributed by atoms with Crippen LogP contribution < -0.4 is 10.9 Å². The summed E-state index contributed by atoms with van der Waals surface area (Å²) in [6.45, 7) is 2.71. The summed E-state index contributed by atoms with van der Waals surface area (Å²) in [5.41, 5.74) is 0.113. The standard InChI is InChI=1S/C16H15N3O2S/c1-2-19-16(21)13-8-4-3-7-12(13)14(18-19)15(20)17-10-11-6-5-9-22-11/h3-9H,2,10H2,1H3,(H,17,20). The van der Waals surface area contributed by atoms with Gasteiger partial charge in [0.1, 0.15) is 0 Å². The van der Waals surface area contributed by atoms with E-state index < -0.39 is 0 Å². The summed E-state index contributed by atoms with van der Waals surface area (Å²) in [6.07, 6.45) is 0. The average Bonchev–Trinajstić information content (AvgIpc) is 3.07. The van der Waals surface area contributed by atoms with Crippen LogP contribution in [0.4, 0.5) is 0 Å². The van der Waals surface area contributed by atoms with E-state index >= 15 is 0 Å². The fraction of sp³-hybridized carbons (Fsp3) is 0.188. The highest BCUT2D eigenvalue weighted by atomic mass is 32.1. The van der Waals surface area contributed by atoms with Crippen LogP contribution in [0.3, 0.4) is 0 Å². The molecule has 1 aromatic carbocycles. The summed E-state index contributed by atoms with van der Waals surface area (Å²) < 4.78 is 1.32. The zero-order valence-corrected chi connectivity index (χ0v) is 12.9. The lowest BCUT2D eigenvalue weighted by Crippen LogP contribution is -2.30. The van der Waals surface area contributed by atoms with Gasteiger partial charge >= 0.3 is 0 Å². The van der Waals surface area contributed by atoms with Gasteiger partial charge in [-0.3, -0.25) is 9.59 Å². The van der Waals surface area contributed by atoms with E-state index in [1.54, 1.807) is 35.6 Å². The maximum atomic E-state index is 12.4. The number of hydrogen-bond acceptors (Lipinski definition) is 4. The van der Waals surface area contributed by atoms with Crippen LogP contribution in [0, 0.1) is 0 Å². The van der Waals surface area contributed by atoms with Gasteiger partial charge in [0.15, 0.2) is 5.69 Å². The van der Waals surface area contributed by atoms with Gasteiger partial charge in [-0.25, -0.2) is 4.68 Å². The third kappa shape index (κ3) is 2.65. The molecule has 0 aliphatic rings. The Balaban J connectivity index is 2.00. The van der Waals surface area contributed by atoms with E-state index in [1.807, 2.05) is 24.4 Å². The number of thiophene rings is 1. The van der Waals surface area contributed by atoms with Crippen LogP contribution in [0.15, 0.2) is 46.6 Å². The van der Waals surface area contributed by atoms with E-state index in [2.05, 4.69) is 10.4 Å². The minimum atomic E-state index is -0.271. The molecule has 2 aromatic heterocycles. The number of hydrogen-bond donors (Lipinski definition) is 1. The highest BCUT2D eigenvalue weighted by Crippen LogP contribution is 2.14. The van der Waals surface area contributed by atoms with Crippen molar-refractivity contribution in [2.24, 2.45) is 0 Å². The molecule has 6 heteroatoms. The second-order valence-electron chi connectivity index (χ2n) is 4.78. The Bertz CT molecular complexity index is 869. The highest BCUT2D eigenvalue weighted by Gasteiger charge is 2.15. The molecule has 3 rings (SSSR count). The molecule has 2 heterocycles. The predicted molar refractivity (Wildman–Crippen MR) is 87.2 cm³/mol. The first-order valence-electron chi connectivity index (χ1n) is 7.01. The second kappa shape index (κ2) is 6.11. The summed E-state index contributed by atoms with van der Waals surface area (Å²) in [7, 11) is 0. The molecule has 0 atom stereocenters. The first kappa shape index (κ1) is 14.5. The lowest BCUT2D eigenvalue weighted by atomic mass is 10.1. The maximum Gasteiger partial charge on any atom is 0.274 e. The molecule has 0 aliphatic carbocycles. The summed E-state index contributed by atoms with van der Waals surface area (Å²) in [4.78, 5) is 25.8. The van der Waals surface area contributed by atoms with E-state index in [0.717, 1.165) is 4.88 Å². The van der Waals surface area contributed by atoms with Crippen molar-refractivity contribution in [3.05, 3.63) is 62.7 Å². The zero-order valence-electron chi connectivity index (χ0n) is 12.1. The zero-order chi connectivity index (χ0) is 15.5. The molecule has 0 aliphatic heterocycles. The van der Waals surface area contributed by atoms with Gasteiger partial charge in [-0.2, -0.15) is 5.10 Å². The molecule has 0 radical (unpaired) electrons. The minimum Gasteiger partial charge on any atom is -0.346 e. The fourth-order valence-electron chi connectivity index (χ4n) is 2.28. The van der Waals surface area contributed by atoms with Gasteiger partial charge in [-0.1, -0.05) is 24.3 Å². The number of fused-ring (bicyclic) bond motifs is 1. The molecular formula is C16H15N3O2S. The van der Waals surface area contributed by atoms with Gasteiger partial charge in [0.05, 0.1) is 11.9 Å². The van der Waals surface area contributed by atoms with E-state index in [0.29, 0.717) is 23.9 Å². The first-order chi connectivity index (χ1) is 10.7. The molecule has 1 N–H and O–H groups in total. The number of carbonyl (C=O) groups is 1. The fourth-order valence-corrected chi connectivity index (χ4v) is 2.93. The van der Waals surface area contributed by atoms with Crippen molar-refractivity contribution < 1.29 is 4.79 Å². The van der Waals surface area contributed by atoms with E-state index in [4.69, 9.17) is 0 Å². The monoisotopic (exact) mass is 313 g/mol. The Hall–Kier alpha value is -2.47. The van der Waals surface area contributed by atoms with Crippen molar-refractivity contribution in [3.8, 4) is 0 Å². The van der Waals surface area contributed by atoms with Crippen LogP contribution in [0.1, 0.15) is 22.3 Å². The molecule has 1 amide bonds. The summed E-state index contributed by atoms with van der Waals surface area (Å²) >= 11 is 1.58. The Morgan fingerprint density at radius 3 is 2.68 bits per heavy atom. The van der Waals surface area contributed by atoms with Gasteiger partial charge in [0, 0.05) is 16.8 Å². The van der Waals surface area contributed by atoms with E-state index in [-0.39, 0.29) is 17.2 Å². The van der Waals surface area contributed by atoms with Crippen LogP contribution in [0.5, 0.6) is 0 Å². The Labute approximate surface area is 131 Å². The largest absolute Gasteiger partial charge is 0.346 e. The van der Waals surface area contributed by atoms with E-state index in [9.17, 15) is 9.59 Å². The molecule has 22 heavy (non-hydrogen) atoms. The molecule has 0 spiro atoms. The molecule has 0 bridgehead atoms. The lowest BCUT2D eigenvalue weighted by Gasteiger charge is -2.09. The molecule has 5 nitrogen and oxygen atoms in total. The van der Waals surface area contributed by atoms with Crippen molar-refractivity contribution >= 4 is 28.0 Å². The number of aromatic nitrogens is 2. The van der Waals surface area contributed by atoms with Crippen LogP contribution >= 0.6 is 11.3 Å². The molecular weight excluding hydrogens is 298 g/mol. The number of benzene rings is 1. The van der Waals surface area contributed by atoms with Crippen molar-refractivity contribution in [2.75, 3.05) is 0 Å². The van der Waals surface area contributed by atoms with Gasteiger partial charge in [0.2, 0.25) is 0 Å². The van der Waals surface area contributed by atoms with Gasteiger partial charge < -0.3 is 5.32 Å².